The van der Waals surface area contributed by atoms with Crippen molar-refractivity contribution in [1.29, 1.82) is 0 Å². The molecule has 3 rings (SSSR count). The molecule has 0 amide bonds. The van der Waals surface area contributed by atoms with Gasteiger partial charge in [0.2, 0.25) is 0 Å². The molecule has 4 unspecified atom stereocenters. The molecule has 4 atom stereocenters. The van der Waals surface area contributed by atoms with E-state index >= 15 is 0 Å². The summed E-state index contributed by atoms with van der Waals surface area (Å²) in [5.41, 5.74) is 0.506. The number of rotatable bonds is 2. The summed E-state index contributed by atoms with van der Waals surface area (Å²) >= 11 is 0. The van der Waals surface area contributed by atoms with Crippen molar-refractivity contribution in [2.45, 2.75) is 38.2 Å². The van der Waals surface area contributed by atoms with Crippen LogP contribution in [0.3, 0.4) is 0 Å². The van der Waals surface area contributed by atoms with Gasteiger partial charge in [0.15, 0.2) is 0 Å². The van der Waals surface area contributed by atoms with Crippen molar-refractivity contribution in [1.82, 2.24) is 0 Å². The van der Waals surface area contributed by atoms with Crippen molar-refractivity contribution in [3.8, 4) is 0 Å². The number of ether oxygens (including phenoxy) is 1. The molecule has 0 radical (unpaired) electrons. The number of carbonyl (C=O) groups is 1. The predicted octanol–water partition coefficient (Wildman–Crippen LogP) is 2.29. The van der Waals surface area contributed by atoms with Gasteiger partial charge in [-0.15, -0.1) is 0 Å². The van der Waals surface area contributed by atoms with Crippen molar-refractivity contribution in [3.63, 3.8) is 0 Å². The van der Waals surface area contributed by atoms with Gasteiger partial charge in [0.1, 0.15) is 5.60 Å². The predicted molar refractivity (Wildman–Crippen MR) is 52.6 cm³/mol. The van der Waals surface area contributed by atoms with Crippen LogP contribution in [0.4, 0.5) is 0 Å². The van der Waals surface area contributed by atoms with E-state index in [0.717, 1.165) is 12.3 Å². The summed E-state index contributed by atoms with van der Waals surface area (Å²) in [5, 5.41) is 0. The Hall–Kier alpha value is -0.790. The van der Waals surface area contributed by atoms with Crippen LogP contribution in [-0.4, -0.2) is 11.6 Å². The standard InChI is InChI=1S/C12H16O2/c1-7(2)11(13)14-12-6-10(12)8-3-4-9(12)5-8/h8-10H,1,3-6H2,2H3. The van der Waals surface area contributed by atoms with Gasteiger partial charge >= 0.3 is 5.97 Å². The quantitative estimate of drug-likeness (QED) is 0.495. The summed E-state index contributed by atoms with van der Waals surface area (Å²) in [4.78, 5) is 11.5. The van der Waals surface area contributed by atoms with Crippen molar-refractivity contribution in [2.75, 3.05) is 0 Å². The number of hydrogen-bond donors (Lipinski definition) is 0. The van der Waals surface area contributed by atoms with Gasteiger partial charge in [0.25, 0.3) is 0 Å². The third kappa shape index (κ3) is 0.891. The lowest BCUT2D eigenvalue weighted by molar-refractivity contribution is -0.150. The Balaban J connectivity index is 1.76. The van der Waals surface area contributed by atoms with Gasteiger partial charge in [-0.1, -0.05) is 6.58 Å². The maximum Gasteiger partial charge on any atom is 0.333 e. The molecule has 0 N–H and O–H groups in total. The van der Waals surface area contributed by atoms with E-state index in [2.05, 4.69) is 6.58 Å². The first-order valence-electron chi connectivity index (χ1n) is 5.52. The summed E-state index contributed by atoms with van der Waals surface area (Å²) in [7, 11) is 0. The first kappa shape index (κ1) is 8.51. The molecule has 0 aromatic heterocycles. The van der Waals surface area contributed by atoms with Crippen molar-refractivity contribution in [3.05, 3.63) is 12.2 Å². The highest BCUT2D eigenvalue weighted by Gasteiger charge is 2.72. The van der Waals surface area contributed by atoms with Gasteiger partial charge in [0.05, 0.1) is 0 Å². The van der Waals surface area contributed by atoms with E-state index in [0.29, 0.717) is 17.4 Å². The molecule has 2 bridgehead atoms. The number of esters is 1. The van der Waals surface area contributed by atoms with E-state index in [1.807, 2.05) is 0 Å². The second-order valence-corrected chi connectivity index (χ2v) is 5.21. The average Bonchev–Trinajstić information content (AvgIpc) is 2.60. The zero-order valence-electron chi connectivity index (χ0n) is 8.58. The molecule has 0 spiro atoms. The Kier molecular flexibility index (Phi) is 1.47. The van der Waals surface area contributed by atoms with E-state index in [1.54, 1.807) is 6.92 Å². The van der Waals surface area contributed by atoms with Crippen LogP contribution < -0.4 is 0 Å². The van der Waals surface area contributed by atoms with Crippen molar-refractivity contribution in [2.24, 2.45) is 17.8 Å². The lowest BCUT2D eigenvalue weighted by Gasteiger charge is -2.23. The minimum absolute atomic E-state index is 0.0288. The molecule has 0 aliphatic heterocycles. The molecule has 0 aromatic carbocycles. The monoisotopic (exact) mass is 192 g/mol. The van der Waals surface area contributed by atoms with Crippen LogP contribution in [0.15, 0.2) is 12.2 Å². The molecule has 14 heavy (non-hydrogen) atoms. The Morgan fingerprint density at radius 3 is 2.86 bits per heavy atom. The maximum absolute atomic E-state index is 11.5. The van der Waals surface area contributed by atoms with Crippen LogP contribution in [0.1, 0.15) is 32.6 Å². The van der Waals surface area contributed by atoms with Crippen LogP contribution >= 0.6 is 0 Å². The fourth-order valence-corrected chi connectivity index (χ4v) is 3.61. The zero-order chi connectivity index (χ0) is 9.92. The summed E-state index contributed by atoms with van der Waals surface area (Å²) in [6.45, 7) is 5.36. The van der Waals surface area contributed by atoms with Crippen LogP contribution in [0.5, 0.6) is 0 Å². The second kappa shape index (κ2) is 2.41. The fraction of sp³-hybridized carbons (Fsp3) is 0.750. The molecule has 3 aliphatic rings. The molecule has 0 saturated heterocycles. The summed E-state index contributed by atoms with van der Waals surface area (Å²) < 4.78 is 5.63. The van der Waals surface area contributed by atoms with Gasteiger partial charge in [-0.25, -0.2) is 4.79 Å². The van der Waals surface area contributed by atoms with E-state index in [-0.39, 0.29) is 11.6 Å². The Morgan fingerprint density at radius 1 is 1.50 bits per heavy atom. The smallest absolute Gasteiger partial charge is 0.333 e. The molecule has 3 aliphatic carbocycles. The van der Waals surface area contributed by atoms with Gasteiger partial charge in [0, 0.05) is 11.5 Å². The maximum atomic E-state index is 11.5. The lowest BCUT2D eigenvalue weighted by Crippen LogP contribution is -2.28. The highest BCUT2D eigenvalue weighted by atomic mass is 16.6. The largest absolute Gasteiger partial charge is 0.455 e. The SMILES string of the molecule is C=C(C)C(=O)OC12CC1C1CCC2C1. The topological polar surface area (TPSA) is 26.3 Å². The first-order valence-corrected chi connectivity index (χ1v) is 5.52. The number of hydrogen-bond acceptors (Lipinski definition) is 2. The Morgan fingerprint density at radius 2 is 2.29 bits per heavy atom. The highest BCUT2D eigenvalue weighted by Crippen LogP contribution is 2.70. The molecule has 0 aromatic rings. The van der Waals surface area contributed by atoms with Gasteiger partial charge < -0.3 is 4.74 Å². The van der Waals surface area contributed by atoms with Crippen LogP contribution in [-0.2, 0) is 9.53 Å². The summed E-state index contributed by atoms with van der Waals surface area (Å²) in [6.07, 6.45) is 5.06. The van der Waals surface area contributed by atoms with Crippen LogP contribution in [0, 0.1) is 17.8 Å². The summed E-state index contributed by atoms with van der Waals surface area (Å²) in [5.74, 6) is 2.04. The lowest BCUT2D eigenvalue weighted by atomic mass is 9.97. The molecule has 3 saturated carbocycles. The fourth-order valence-electron chi connectivity index (χ4n) is 3.61. The average molecular weight is 192 g/mol. The van der Waals surface area contributed by atoms with Crippen molar-refractivity contribution < 1.29 is 9.53 Å². The normalized spacial score (nSPS) is 47.4. The molecular formula is C12H16O2. The van der Waals surface area contributed by atoms with E-state index in [9.17, 15) is 4.79 Å². The van der Waals surface area contributed by atoms with Crippen molar-refractivity contribution >= 4 is 5.97 Å². The second-order valence-electron chi connectivity index (χ2n) is 5.21. The molecule has 2 nitrogen and oxygen atoms in total. The minimum Gasteiger partial charge on any atom is -0.455 e. The minimum atomic E-state index is -0.181. The molecule has 2 heteroatoms. The third-order valence-corrected chi connectivity index (χ3v) is 4.37. The molecule has 0 heterocycles. The first-order chi connectivity index (χ1) is 6.63. The number of fused-ring (bicyclic) bond motifs is 5. The van der Waals surface area contributed by atoms with E-state index in [1.165, 1.54) is 19.3 Å². The van der Waals surface area contributed by atoms with E-state index < -0.39 is 0 Å². The zero-order valence-corrected chi connectivity index (χ0v) is 8.58. The highest BCUT2D eigenvalue weighted by molar-refractivity contribution is 5.87. The van der Waals surface area contributed by atoms with Crippen LogP contribution in [0.2, 0.25) is 0 Å². The van der Waals surface area contributed by atoms with Gasteiger partial charge in [-0.05, 0) is 44.4 Å². The van der Waals surface area contributed by atoms with Gasteiger partial charge in [-0.3, -0.25) is 0 Å². The molecule has 76 valence electrons. The van der Waals surface area contributed by atoms with Crippen LogP contribution in [0.25, 0.3) is 0 Å². The van der Waals surface area contributed by atoms with Gasteiger partial charge in [-0.2, -0.15) is 0 Å². The third-order valence-electron chi connectivity index (χ3n) is 4.37. The van der Waals surface area contributed by atoms with E-state index in [4.69, 9.17) is 4.74 Å². The molecular weight excluding hydrogens is 176 g/mol. The molecule has 3 fully saturated rings. The Bertz CT molecular complexity index is 320. The Labute approximate surface area is 84.3 Å². The number of carbonyl (C=O) groups excluding carboxylic acids is 1. The summed E-state index contributed by atoms with van der Waals surface area (Å²) in [6, 6.07) is 0.